The molecular formula is C11H13F3N2O3. The van der Waals surface area contributed by atoms with Gasteiger partial charge in [0.1, 0.15) is 0 Å². The number of carbonyl (C=O) groups excluding carboxylic acids is 1. The summed E-state index contributed by atoms with van der Waals surface area (Å²) in [5.74, 6) is 3.62. The zero-order valence-electron chi connectivity index (χ0n) is 10.0. The first kappa shape index (κ1) is 15.1. The summed E-state index contributed by atoms with van der Waals surface area (Å²) >= 11 is 0. The molecule has 0 heterocycles. The predicted molar refractivity (Wildman–Crippen MR) is 60.2 cm³/mol. The Morgan fingerprint density at radius 2 is 1.95 bits per heavy atom. The first-order chi connectivity index (χ1) is 8.87. The van der Waals surface area contributed by atoms with Gasteiger partial charge in [0, 0.05) is 0 Å². The van der Waals surface area contributed by atoms with E-state index in [9.17, 15) is 18.0 Å². The number of nitrogens with one attached hydrogen (secondary N) is 1. The van der Waals surface area contributed by atoms with Crippen LogP contribution in [0.4, 0.5) is 13.2 Å². The molecule has 19 heavy (non-hydrogen) atoms. The van der Waals surface area contributed by atoms with E-state index in [1.807, 2.05) is 5.43 Å². The normalized spacial score (nSPS) is 12.7. The molecule has 0 aliphatic rings. The molecule has 0 aromatic heterocycles. The van der Waals surface area contributed by atoms with Crippen molar-refractivity contribution in [1.29, 1.82) is 0 Å². The minimum absolute atomic E-state index is 0.185. The third-order valence-corrected chi connectivity index (χ3v) is 2.15. The minimum atomic E-state index is -4.84. The van der Waals surface area contributed by atoms with E-state index in [-0.39, 0.29) is 12.2 Å². The van der Waals surface area contributed by atoms with Crippen molar-refractivity contribution in [1.82, 2.24) is 5.43 Å². The fourth-order valence-electron chi connectivity index (χ4n) is 1.32. The fourth-order valence-corrected chi connectivity index (χ4v) is 1.32. The number of benzene rings is 1. The van der Waals surface area contributed by atoms with E-state index >= 15 is 0 Å². The molecule has 1 unspecified atom stereocenters. The van der Waals surface area contributed by atoms with Crippen molar-refractivity contribution >= 4 is 5.91 Å². The van der Waals surface area contributed by atoms with Crippen LogP contribution in [0.2, 0.25) is 0 Å². The lowest BCUT2D eigenvalue weighted by Crippen LogP contribution is -2.41. The SMILES string of the molecule is CCC(Oc1ccccc1OC(F)(F)F)C(=O)NN. The molecule has 5 nitrogen and oxygen atoms in total. The molecule has 1 aromatic rings. The van der Waals surface area contributed by atoms with Gasteiger partial charge in [-0.05, 0) is 18.6 Å². The number of hydrogen-bond acceptors (Lipinski definition) is 4. The molecule has 0 aliphatic carbocycles. The zero-order chi connectivity index (χ0) is 14.5. The fraction of sp³-hybridized carbons (Fsp3) is 0.364. The number of halogens is 3. The van der Waals surface area contributed by atoms with Gasteiger partial charge < -0.3 is 9.47 Å². The second-order valence-corrected chi connectivity index (χ2v) is 3.52. The first-order valence-electron chi connectivity index (χ1n) is 5.39. The minimum Gasteiger partial charge on any atom is -0.477 e. The average molecular weight is 278 g/mol. The molecule has 0 saturated heterocycles. The Hall–Kier alpha value is -1.96. The lowest BCUT2D eigenvalue weighted by atomic mass is 10.2. The van der Waals surface area contributed by atoms with Gasteiger partial charge in [-0.15, -0.1) is 13.2 Å². The Labute approximate surface area is 107 Å². The molecule has 0 bridgehead atoms. The van der Waals surface area contributed by atoms with Crippen LogP contribution in [0.1, 0.15) is 13.3 Å². The van der Waals surface area contributed by atoms with Gasteiger partial charge in [0.25, 0.3) is 5.91 Å². The second-order valence-electron chi connectivity index (χ2n) is 3.52. The van der Waals surface area contributed by atoms with Crippen LogP contribution < -0.4 is 20.7 Å². The zero-order valence-corrected chi connectivity index (χ0v) is 10.0. The van der Waals surface area contributed by atoms with E-state index in [0.717, 1.165) is 6.07 Å². The number of alkyl halides is 3. The number of carbonyl (C=O) groups is 1. The van der Waals surface area contributed by atoms with Gasteiger partial charge in [0.05, 0.1) is 0 Å². The highest BCUT2D eigenvalue weighted by Gasteiger charge is 2.33. The van der Waals surface area contributed by atoms with E-state index in [1.54, 1.807) is 6.92 Å². The van der Waals surface area contributed by atoms with Crippen LogP contribution in [0.3, 0.4) is 0 Å². The van der Waals surface area contributed by atoms with Gasteiger partial charge in [-0.2, -0.15) is 0 Å². The molecule has 1 amide bonds. The van der Waals surface area contributed by atoms with Gasteiger partial charge in [-0.3, -0.25) is 10.2 Å². The summed E-state index contributed by atoms with van der Waals surface area (Å²) in [5, 5.41) is 0. The third-order valence-electron chi connectivity index (χ3n) is 2.15. The molecule has 8 heteroatoms. The Balaban J connectivity index is 2.91. The van der Waals surface area contributed by atoms with E-state index in [0.29, 0.717) is 0 Å². The summed E-state index contributed by atoms with van der Waals surface area (Å²) in [6, 6.07) is 5.19. The van der Waals surface area contributed by atoms with Crippen molar-refractivity contribution < 1.29 is 27.4 Å². The third kappa shape index (κ3) is 4.66. The van der Waals surface area contributed by atoms with Crippen LogP contribution in [0.15, 0.2) is 24.3 Å². The topological polar surface area (TPSA) is 73.6 Å². The lowest BCUT2D eigenvalue weighted by molar-refractivity contribution is -0.275. The quantitative estimate of drug-likeness (QED) is 0.489. The number of rotatable bonds is 5. The Morgan fingerprint density at radius 1 is 1.37 bits per heavy atom. The number of nitrogens with two attached hydrogens (primary N) is 1. The van der Waals surface area contributed by atoms with Crippen LogP contribution in [-0.4, -0.2) is 18.4 Å². The van der Waals surface area contributed by atoms with Gasteiger partial charge in [-0.1, -0.05) is 19.1 Å². The van der Waals surface area contributed by atoms with Crippen LogP contribution in [0.5, 0.6) is 11.5 Å². The molecular weight excluding hydrogens is 265 g/mol. The standard InChI is InChI=1S/C11H13F3N2O3/c1-2-7(10(17)16-15)18-8-5-3-4-6-9(8)19-11(12,13)14/h3-7H,2,15H2,1H3,(H,16,17). The van der Waals surface area contributed by atoms with E-state index in [1.165, 1.54) is 18.2 Å². The smallest absolute Gasteiger partial charge is 0.477 e. The van der Waals surface area contributed by atoms with Crippen molar-refractivity contribution in [2.24, 2.45) is 5.84 Å². The molecule has 0 saturated carbocycles. The van der Waals surface area contributed by atoms with Crippen molar-refractivity contribution in [2.75, 3.05) is 0 Å². The first-order valence-corrected chi connectivity index (χ1v) is 5.39. The second kappa shape index (κ2) is 6.28. The number of amides is 1. The monoisotopic (exact) mass is 278 g/mol. The van der Waals surface area contributed by atoms with Crippen molar-refractivity contribution in [2.45, 2.75) is 25.8 Å². The van der Waals surface area contributed by atoms with E-state index < -0.39 is 24.1 Å². The number of ether oxygens (including phenoxy) is 2. The van der Waals surface area contributed by atoms with E-state index in [4.69, 9.17) is 10.6 Å². The Bertz CT molecular complexity index is 437. The largest absolute Gasteiger partial charge is 0.573 e. The van der Waals surface area contributed by atoms with Crippen molar-refractivity contribution in [3.05, 3.63) is 24.3 Å². The van der Waals surface area contributed by atoms with Crippen LogP contribution >= 0.6 is 0 Å². The Morgan fingerprint density at radius 3 is 2.42 bits per heavy atom. The molecule has 0 aliphatic heterocycles. The highest BCUT2D eigenvalue weighted by molar-refractivity contribution is 5.80. The van der Waals surface area contributed by atoms with Crippen molar-refractivity contribution in [3.63, 3.8) is 0 Å². The maximum Gasteiger partial charge on any atom is 0.573 e. The highest BCUT2D eigenvalue weighted by Crippen LogP contribution is 2.32. The Kier molecular flexibility index (Phi) is 4.99. The molecule has 1 aromatic carbocycles. The van der Waals surface area contributed by atoms with Gasteiger partial charge in [-0.25, -0.2) is 5.84 Å². The number of hydrazine groups is 1. The van der Waals surface area contributed by atoms with Crippen molar-refractivity contribution in [3.8, 4) is 11.5 Å². The lowest BCUT2D eigenvalue weighted by Gasteiger charge is -2.18. The number of para-hydroxylation sites is 2. The molecule has 0 fully saturated rings. The summed E-state index contributed by atoms with van der Waals surface area (Å²) in [7, 11) is 0. The van der Waals surface area contributed by atoms with Crippen LogP contribution in [-0.2, 0) is 4.79 Å². The van der Waals surface area contributed by atoms with Gasteiger partial charge in [0.15, 0.2) is 17.6 Å². The highest BCUT2D eigenvalue weighted by atomic mass is 19.4. The number of hydrogen-bond donors (Lipinski definition) is 2. The van der Waals surface area contributed by atoms with Crippen LogP contribution in [0.25, 0.3) is 0 Å². The molecule has 1 atom stereocenters. The van der Waals surface area contributed by atoms with Gasteiger partial charge >= 0.3 is 6.36 Å². The van der Waals surface area contributed by atoms with E-state index in [2.05, 4.69) is 4.74 Å². The van der Waals surface area contributed by atoms with Gasteiger partial charge in [0.2, 0.25) is 0 Å². The summed E-state index contributed by atoms with van der Waals surface area (Å²) in [4.78, 5) is 11.3. The molecule has 0 radical (unpaired) electrons. The summed E-state index contributed by atoms with van der Waals surface area (Å²) < 4.78 is 45.5. The molecule has 0 spiro atoms. The summed E-state index contributed by atoms with van der Waals surface area (Å²) in [6.45, 7) is 1.63. The maximum absolute atomic E-state index is 12.2. The molecule has 3 N–H and O–H groups in total. The average Bonchev–Trinajstić information content (AvgIpc) is 2.35. The van der Waals surface area contributed by atoms with Crippen LogP contribution in [0, 0.1) is 0 Å². The molecule has 106 valence electrons. The summed E-state index contributed by atoms with van der Waals surface area (Å²) in [6.07, 6.45) is -5.59. The molecule has 1 rings (SSSR count). The maximum atomic E-state index is 12.2. The predicted octanol–water partition coefficient (Wildman–Crippen LogP) is 1.73. The summed E-state index contributed by atoms with van der Waals surface area (Å²) in [5.41, 5.74) is 1.88.